The second-order valence-corrected chi connectivity index (χ2v) is 5.83. The Morgan fingerprint density at radius 3 is 2.23 bits per heavy atom. The maximum absolute atomic E-state index is 12.2. The number of carboxylic acids is 1. The lowest BCUT2D eigenvalue weighted by atomic mass is 10.1. The van der Waals surface area contributed by atoms with Crippen LogP contribution in [0.5, 0.6) is 0 Å². The molecular weight excluding hydrogens is 278 g/mol. The molecule has 0 aromatic heterocycles. The first-order valence-corrected chi connectivity index (χ1v) is 8.68. The predicted molar refractivity (Wildman–Crippen MR) is 90.9 cm³/mol. The van der Waals surface area contributed by atoms with Gasteiger partial charge in [-0.2, -0.15) is 0 Å². The molecule has 0 aliphatic heterocycles. The van der Waals surface area contributed by atoms with Gasteiger partial charge in [0.2, 0.25) is 5.91 Å². The number of rotatable bonds is 13. The fourth-order valence-corrected chi connectivity index (χ4v) is 2.42. The molecule has 0 aromatic carbocycles. The van der Waals surface area contributed by atoms with Gasteiger partial charge in [-0.1, -0.05) is 57.6 Å². The van der Waals surface area contributed by atoms with Crippen molar-refractivity contribution in [2.24, 2.45) is 0 Å². The van der Waals surface area contributed by atoms with Crippen molar-refractivity contribution in [3.8, 4) is 0 Å². The van der Waals surface area contributed by atoms with Crippen molar-refractivity contribution < 1.29 is 14.7 Å². The maximum Gasteiger partial charge on any atom is 0.326 e. The number of hydrogen-bond donors (Lipinski definition) is 1. The summed E-state index contributed by atoms with van der Waals surface area (Å²) in [6, 6.07) is -0.738. The second-order valence-electron chi connectivity index (χ2n) is 5.83. The Morgan fingerprint density at radius 1 is 1.09 bits per heavy atom. The lowest BCUT2D eigenvalue weighted by molar-refractivity contribution is -0.149. The van der Waals surface area contributed by atoms with Crippen LogP contribution in [0.15, 0.2) is 12.2 Å². The van der Waals surface area contributed by atoms with Gasteiger partial charge in [-0.3, -0.25) is 4.79 Å². The normalized spacial score (nSPS) is 12.5. The lowest BCUT2D eigenvalue weighted by Gasteiger charge is -2.26. The Labute approximate surface area is 135 Å². The summed E-state index contributed by atoms with van der Waals surface area (Å²) in [5.41, 5.74) is 0. The number of amides is 1. The van der Waals surface area contributed by atoms with Crippen molar-refractivity contribution in [2.75, 3.05) is 6.54 Å². The highest BCUT2D eigenvalue weighted by molar-refractivity contribution is 5.83. The number of carboxylic acid groups (broad SMARTS) is 1. The van der Waals surface area contributed by atoms with Crippen LogP contribution in [0.25, 0.3) is 0 Å². The third kappa shape index (κ3) is 9.59. The molecule has 0 bridgehead atoms. The molecule has 0 saturated carbocycles. The van der Waals surface area contributed by atoms with Crippen LogP contribution in [0.3, 0.4) is 0 Å². The number of hydrogen-bond acceptors (Lipinski definition) is 2. The van der Waals surface area contributed by atoms with E-state index in [1.807, 2.05) is 19.1 Å². The summed E-state index contributed by atoms with van der Waals surface area (Å²) in [7, 11) is 0. The lowest BCUT2D eigenvalue weighted by Crippen LogP contribution is -2.43. The van der Waals surface area contributed by atoms with Crippen molar-refractivity contribution in [3.63, 3.8) is 0 Å². The van der Waals surface area contributed by atoms with Crippen molar-refractivity contribution in [2.45, 2.75) is 84.6 Å². The molecule has 0 aromatic rings. The van der Waals surface area contributed by atoms with Crippen LogP contribution >= 0.6 is 0 Å². The minimum Gasteiger partial charge on any atom is -0.480 e. The van der Waals surface area contributed by atoms with Crippen molar-refractivity contribution in [1.82, 2.24) is 4.90 Å². The second kappa shape index (κ2) is 13.4. The van der Waals surface area contributed by atoms with E-state index in [4.69, 9.17) is 5.11 Å². The topological polar surface area (TPSA) is 57.6 Å². The molecule has 1 atom stereocenters. The average Bonchev–Trinajstić information content (AvgIpc) is 2.49. The minimum atomic E-state index is -0.928. The number of allylic oxidation sites excluding steroid dienone is 2. The van der Waals surface area contributed by atoms with E-state index in [9.17, 15) is 9.59 Å². The molecule has 22 heavy (non-hydrogen) atoms. The molecule has 0 saturated heterocycles. The summed E-state index contributed by atoms with van der Waals surface area (Å²) >= 11 is 0. The summed E-state index contributed by atoms with van der Waals surface area (Å²) < 4.78 is 0. The van der Waals surface area contributed by atoms with Gasteiger partial charge in [-0.25, -0.2) is 4.79 Å². The fourth-order valence-electron chi connectivity index (χ4n) is 2.42. The molecule has 4 heteroatoms. The zero-order valence-corrected chi connectivity index (χ0v) is 14.5. The first-order chi connectivity index (χ1) is 10.5. The van der Waals surface area contributed by atoms with E-state index in [1.54, 1.807) is 6.92 Å². The largest absolute Gasteiger partial charge is 0.480 e. The smallest absolute Gasteiger partial charge is 0.326 e. The van der Waals surface area contributed by atoms with Gasteiger partial charge in [0.05, 0.1) is 0 Å². The minimum absolute atomic E-state index is 0.0565. The molecule has 0 aliphatic carbocycles. The molecule has 0 rings (SSSR count). The number of unbranched alkanes of at least 4 members (excludes halogenated alkanes) is 6. The molecular formula is C18H33NO3. The van der Waals surface area contributed by atoms with Crippen LogP contribution in [0.2, 0.25) is 0 Å². The van der Waals surface area contributed by atoms with E-state index in [0.717, 1.165) is 12.8 Å². The van der Waals surface area contributed by atoms with Gasteiger partial charge in [0.1, 0.15) is 6.04 Å². The summed E-state index contributed by atoms with van der Waals surface area (Å²) in [6.07, 6.45) is 13.1. The Kier molecular flexibility index (Phi) is 12.5. The molecule has 0 heterocycles. The van der Waals surface area contributed by atoms with Crippen molar-refractivity contribution in [3.05, 3.63) is 12.2 Å². The summed E-state index contributed by atoms with van der Waals surface area (Å²) in [6.45, 7) is 6.26. The van der Waals surface area contributed by atoms with Gasteiger partial charge < -0.3 is 10.0 Å². The monoisotopic (exact) mass is 311 g/mol. The van der Waals surface area contributed by atoms with Crippen LogP contribution < -0.4 is 0 Å². The highest BCUT2D eigenvalue weighted by Gasteiger charge is 2.24. The van der Waals surface area contributed by atoms with Gasteiger partial charge in [0.15, 0.2) is 0 Å². The van der Waals surface area contributed by atoms with Crippen molar-refractivity contribution >= 4 is 11.9 Å². The van der Waals surface area contributed by atoms with Gasteiger partial charge in [0.25, 0.3) is 0 Å². The number of nitrogens with zero attached hydrogens (tertiary/aromatic N) is 1. The summed E-state index contributed by atoms with van der Waals surface area (Å²) in [4.78, 5) is 24.9. The van der Waals surface area contributed by atoms with Crippen LogP contribution in [-0.2, 0) is 9.59 Å². The molecule has 0 unspecified atom stereocenters. The third-order valence-corrected chi connectivity index (χ3v) is 3.91. The van der Waals surface area contributed by atoms with E-state index in [1.165, 1.54) is 37.0 Å². The maximum atomic E-state index is 12.2. The summed E-state index contributed by atoms with van der Waals surface area (Å²) in [5, 5.41) is 9.16. The quantitative estimate of drug-likeness (QED) is 0.405. The standard InChI is InChI=1S/C18H33NO3/c1-4-6-8-9-10-11-13-15-19(16(3)18(21)22)17(20)14-12-7-5-2/h5,7,16H,4,6,8-15H2,1-3H3,(H,21,22)/b7-5+/t16-/m0/s1. The highest BCUT2D eigenvalue weighted by atomic mass is 16.4. The average molecular weight is 311 g/mol. The molecule has 128 valence electrons. The Bertz CT molecular complexity index is 339. The van der Waals surface area contributed by atoms with Gasteiger partial charge in [0, 0.05) is 13.0 Å². The van der Waals surface area contributed by atoms with Crippen LogP contribution in [0.4, 0.5) is 0 Å². The molecule has 0 aliphatic rings. The van der Waals surface area contributed by atoms with E-state index in [2.05, 4.69) is 6.92 Å². The van der Waals surface area contributed by atoms with E-state index in [0.29, 0.717) is 19.4 Å². The van der Waals surface area contributed by atoms with E-state index in [-0.39, 0.29) is 5.91 Å². The fraction of sp³-hybridized carbons (Fsp3) is 0.778. The molecule has 0 radical (unpaired) electrons. The Balaban J connectivity index is 4.19. The number of carbonyl (C=O) groups excluding carboxylic acids is 1. The van der Waals surface area contributed by atoms with Crippen LogP contribution in [0, 0.1) is 0 Å². The first kappa shape index (κ1) is 20.7. The number of aliphatic carboxylic acids is 1. The molecule has 0 fully saturated rings. The van der Waals surface area contributed by atoms with Gasteiger partial charge in [-0.15, -0.1) is 0 Å². The van der Waals surface area contributed by atoms with E-state index >= 15 is 0 Å². The zero-order valence-electron chi connectivity index (χ0n) is 14.5. The van der Waals surface area contributed by atoms with Gasteiger partial charge >= 0.3 is 5.97 Å². The SMILES string of the molecule is C/C=C/CCC(=O)N(CCCCCCCCC)[C@@H](C)C(=O)O. The zero-order chi connectivity index (χ0) is 16.8. The molecule has 1 amide bonds. The van der Waals surface area contributed by atoms with E-state index < -0.39 is 12.0 Å². The van der Waals surface area contributed by atoms with Crippen LogP contribution in [0.1, 0.15) is 78.6 Å². The highest BCUT2D eigenvalue weighted by Crippen LogP contribution is 2.11. The molecule has 1 N–H and O–H groups in total. The first-order valence-electron chi connectivity index (χ1n) is 8.68. The molecule has 4 nitrogen and oxygen atoms in total. The van der Waals surface area contributed by atoms with Crippen LogP contribution in [-0.4, -0.2) is 34.5 Å². The summed E-state index contributed by atoms with van der Waals surface area (Å²) in [5.74, 6) is -0.985. The Hall–Kier alpha value is -1.32. The Morgan fingerprint density at radius 2 is 1.68 bits per heavy atom. The number of carbonyl (C=O) groups is 2. The predicted octanol–water partition coefficient (Wildman–Crippen LogP) is 4.40. The van der Waals surface area contributed by atoms with Gasteiger partial charge in [-0.05, 0) is 26.7 Å². The molecule has 0 spiro atoms. The van der Waals surface area contributed by atoms with Crippen molar-refractivity contribution in [1.29, 1.82) is 0 Å². The third-order valence-electron chi connectivity index (χ3n) is 3.91.